The molecule has 2 aromatic rings. The van der Waals surface area contributed by atoms with Gasteiger partial charge in [-0.1, -0.05) is 0 Å². The van der Waals surface area contributed by atoms with Gasteiger partial charge in [0, 0.05) is 4.88 Å². The van der Waals surface area contributed by atoms with Gasteiger partial charge in [-0.15, -0.1) is 11.3 Å². The van der Waals surface area contributed by atoms with Gasteiger partial charge in [-0.05, 0) is 55.8 Å². The SMILES string of the molecule is CC(C)Oc1ccc(-c2ccc(N)s2)cc1. The molecule has 2 rings (SSSR count). The van der Waals surface area contributed by atoms with Crippen LogP contribution in [0, 0.1) is 0 Å². The fourth-order valence-corrected chi connectivity index (χ4v) is 2.26. The van der Waals surface area contributed by atoms with Crippen LogP contribution in [0.25, 0.3) is 10.4 Å². The van der Waals surface area contributed by atoms with E-state index in [0.29, 0.717) is 0 Å². The molecular weight excluding hydrogens is 218 g/mol. The topological polar surface area (TPSA) is 35.2 Å². The molecule has 0 fully saturated rings. The van der Waals surface area contributed by atoms with Crippen molar-refractivity contribution < 1.29 is 4.74 Å². The normalized spacial score (nSPS) is 10.7. The zero-order chi connectivity index (χ0) is 11.5. The summed E-state index contributed by atoms with van der Waals surface area (Å²) in [5, 5.41) is 0.845. The molecule has 0 spiro atoms. The minimum atomic E-state index is 0.211. The van der Waals surface area contributed by atoms with Crippen LogP contribution in [0.1, 0.15) is 13.8 Å². The Hall–Kier alpha value is -1.48. The van der Waals surface area contributed by atoms with E-state index < -0.39 is 0 Å². The van der Waals surface area contributed by atoms with Crippen molar-refractivity contribution in [2.45, 2.75) is 20.0 Å². The van der Waals surface area contributed by atoms with E-state index >= 15 is 0 Å². The molecule has 0 unspecified atom stereocenters. The summed E-state index contributed by atoms with van der Waals surface area (Å²) in [4.78, 5) is 1.19. The summed E-state index contributed by atoms with van der Waals surface area (Å²) < 4.78 is 5.59. The molecule has 1 heterocycles. The van der Waals surface area contributed by atoms with Crippen LogP contribution in [0.3, 0.4) is 0 Å². The van der Waals surface area contributed by atoms with E-state index in [1.807, 2.05) is 38.1 Å². The van der Waals surface area contributed by atoms with Gasteiger partial charge in [-0.2, -0.15) is 0 Å². The molecular formula is C13H15NOS. The smallest absolute Gasteiger partial charge is 0.119 e. The van der Waals surface area contributed by atoms with E-state index in [2.05, 4.69) is 12.1 Å². The maximum Gasteiger partial charge on any atom is 0.119 e. The number of ether oxygens (including phenoxy) is 1. The maximum atomic E-state index is 5.71. The fourth-order valence-electron chi connectivity index (χ4n) is 1.48. The molecule has 0 saturated carbocycles. The van der Waals surface area contributed by atoms with Crippen LogP contribution in [-0.2, 0) is 0 Å². The molecule has 0 amide bonds. The Bertz CT molecular complexity index is 459. The average Bonchev–Trinajstić information content (AvgIpc) is 2.65. The van der Waals surface area contributed by atoms with Gasteiger partial charge >= 0.3 is 0 Å². The molecule has 0 aliphatic carbocycles. The van der Waals surface area contributed by atoms with Gasteiger partial charge in [-0.25, -0.2) is 0 Å². The Morgan fingerprint density at radius 3 is 2.25 bits per heavy atom. The number of thiophene rings is 1. The molecule has 0 bridgehead atoms. The Labute approximate surface area is 99.7 Å². The molecule has 1 aromatic heterocycles. The Morgan fingerprint density at radius 2 is 1.75 bits per heavy atom. The highest BCUT2D eigenvalue weighted by Crippen LogP contribution is 2.30. The standard InChI is InChI=1S/C13H15NOS/c1-9(2)15-11-5-3-10(4-6-11)12-7-8-13(14)16-12/h3-9H,14H2,1-2H3. The summed E-state index contributed by atoms with van der Waals surface area (Å²) in [7, 11) is 0. The summed E-state index contributed by atoms with van der Waals surface area (Å²) in [5.41, 5.74) is 6.88. The summed E-state index contributed by atoms with van der Waals surface area (Å²) in [6.45, 7) is 4.04. The highest BCUT2D eigenvalue weighted by atomic mass is 32.1. The summed E-state index contributed by atoms with van der Waals surface area (Å²) in [6, 6.07) is 12.1. The van der Waals surface area contributed by atoms with Crippen molar-refractivity contribution in [3.8, 4) is 16.2 Å². The molecule has 84 valence electrons. The van der Waals surface area contributed by atoms with Gasteiger partial charge in [0.2, 0.25) is 0 Å². The molecule has 2 N–H and O–H groups in total. The molecule has 16 heavy (non-hydrogen) atoms. The van der Waals surface area contributed by atoms with Gasteiger partial charge in [0.25, 0.3) is 0 Å². The summed E-state index contributed by atoms with van der Waals surface area (Å²) in [5.74, 6) is 0.906. The Morgan fingerprint density at radius 1 is 1.06 bits per heavy atom. The van der Waals surface area contributed by atoms with Gasteiger partial charge in [0.1, 0.15) is 5.75 Å². The predicted octanol–water partition coefficient (Wildman–Crippen LogP) is 3.78. The third kappa shape index (κ3) is 2.55. The molecule has 0 radical (unpaired) electrons. The van der Waals surface area contributed by atoms with Crippen LogP contribution in [-0.4, -0.2) is 6.10 Å². The van der Waals surface area contributed by atoms with E-state index in [4.69, 9.17) is 10.5 Å². The van der Waals surface area contributed by atoms with Crippen molar-refractivity contribution in [1.82, 2.24) is 0 Å². The number of nitrogens with two attached hydrogens (primary N) is 1. The second-order valence-electron chi connectivity index (χ2n) is 3.89. The monoisotopic (exact) mass is 233 g/mol. The molecule has 1 aromatic carbocycles. The largest absolute Gasteiger partial charge is 0.491 e. The van der Waals surface area contributed by atoms with Crippen LogP contribution in [0.4, 0.5) is 5.00 Å². The summed E-state index contributed by atoms with van der Waals surface area (Å²) >= 11 is 1.60. The van der Waals surface area contributed by atoms with Crippen LogP contribution in [0.15, 0.2) is 36.4 Å². The van der Waals surface area contributed by atoms with Crippen molar-refractivity contribution in [1.29, 1.82) is 0 Å². The first-order chi connectivity index (χ1) is 7.65. The number of nitrogen functional groups attached to an aromatic ring is 1. The first-order valence-corrected chi connectivity index (χ1v) is 6.09. The number of rotatable bonds is 3. The van der Waals surface area contributed by atoms with Crippen LogP contribution in [0.5, 0.6) is 5.75 Å². The van der Waals surface area contributed by atoms with E-state index in [1.165, 1.54) is 10.4 Å². The van der Waals surface area contributed by atoms with Crippen LogP contribution >= 0.6 is 11.3 Å². The van der Waals surface area contributed by atoms with E-state index in [1.54, 1.807) is 11.3 Å². The van der Waals surface area contributed by atoms with Gasteiger partial charge in [0.05, 0.1) is 11.1 Å². The second kappa shape index (κ2) is 4.58. The number of benzene rings is 1. The highest BCUT2D eigenvalue weighted by Gasteiger charge is 2.02. The van der Waals surface area contributed by atoms with Gasteiger partial charge in [0.15, 0.2) is 0 Å². The van der Waals surface area contributed by atoms with Gasteiger partial charge in [-0.3, -0.25) is 0 Å². The van der Waals surface area contributed by atoms with Crippen LogP contribution in [0.2, 0.25) is 0 Å². The van der Waals surface area contributed by atoms with Crippen molar-refractivity contribution >= 4 is 16.3 Å². The average molecular weight is 233 g/mol. The summed E-state index contributed by atoms with van der Waals surface area (Å²) in [6.07, 6.45) is 0.211. The van der Waals surface area contributed by atoms with Crippen molar-refractivity contribution in [3.05, 3.63) is 36.4 Å². The fraction of sp³-hybridized carbons (Fsp3) is 0.231. The van der Waals surface area contributed by atoms with Crippen molar-refractivity contribution in [2.24, 2.45) is 0 Å². The molecule has 3 heteroatoms. The van der Waals surface area contributed by atoms with E-state index in [9.17, 15) is 0 Å². The lowest BCUT2D eigenvalue weighted by molar-refractivity contribution is 0.242. The molecule has 0 aliphatic heterocycles. The van der Waals surface area contributed by atoms with Gasteiger partial charge < -0.3 is 10.5 Å². The van der Waals surface area contributed by atoms with E-state index in [-0.39, 0.29) is 6.10 Å². The lowest BCUT2D eigenvalue weighted by Gasteiger charge is -2.09. The lowest BCUT2D eigenvalue weighted by Crippen LogP contribution is -2.04. The first kappa shape index (κ1) is 11.0. The minimum absolute atomic E-state index is 0.211. The third-order valence-corrected chi connectivity index (χ3v) is 3.10. The quantitative estimate of drug-likeness (QED) is 0.875. The van der Waals surface area contributed by atoms with Crippen LogP contribution < -0.4 is 10.5 Å². The molecule has 2 nitrogen and oxygen atoms in total. The number of hydrogen-bond donors (Lipinski definition) is 1. The predicted molar refractivity (Wildman–Crippen MR) is 69.9 cm³/mol. The zero-order valence-electron chi connectivity index (χ0n) is 9.44. The third-order valence-electron chi connectivity index (χ3n) is 2.14. The molecule has 0 aliphatic rings. The maximum absolute atomic E-state index is 5.71. The number of hydrogen-bond acceptors (Lipinski definition) is 3. The Kier molecular flexibility index (Phi) is 3.15. The minimum Gasteiger partial charge on any atom is -0.491 e. The van der Waals surface area contributed by atoms with Crippen molar-refractivity contribution in [2.75, 3.05) is 5.73 Å². The highest BCUT2D eigenvalue weighted by molar-refractivity contribution is 7.19. The first-order valence-electron chi connectivity index (χ1n) is 5.27. The molecule has 0 saturated heterocycles. The van der Waals surface area contributed by atoms with Crippen molar-refractivity contribution in [3.63, 3.8) is 0 Å². The number of anilines is 1. The zero-order valence-corrected chi connectivity index (χ0v) is 10.3. The lowest BCUT2D eigenvalue weighted by atomic mass is 10.2. The molecule has 0 atom stereocenters. The Balaban J connectivity index is 2.19. The van der Waals surface area contributed by atoms with E-state index in [0.717, 1.165) is 10.8 Å². The second-order valence-corrected chi connectivity index (χ2v) is 5.01.